The Kier molecular flexibility index (Phi) is 36.8. The standard InChI is InChI=1S/2C5H11.Y/c2*1-3-5-4-2;/h2*1,3-5H2,2H3;/q2*-1;. The summed E-state index contributed by atoms with van der Waals surface area (Å²) in [5.41, 5.74) is 0. The third-order valence-electron chi connectivity index (χ3n) is 1.21. The van der Waals surface area contributed by atoms with E-state index in [0.29, 0.717) is 0 Å². The summed E-state index contributed by atoms with van der Waals surface area (Å²) in [6, 6.07) is 0. The number of unbranched alkanes of at least 4 members (excludes halogenated alkanes) is 4. The molecule has 0 fully saturated rings. The van der Waals surface area contributed by atoms with Crippen LogP contribution < -0.4 is 0 Å². The Bertz CT molecular complexity index is 25.9. The van der Waals surface area contributed by atoms with Crippen LogP contribution in [0.25, 0.3) is 0 Å². The predicted octanol–water partition coefficient (Wildman–Crippen LogP) is 4.02. The Hall–Kier alpha value is 1.10. The summed E-state index contributed by atoms with van der Waals surface area (Å²) >= 11 is 0. The molecule has 1 radical (unpaired) electrons. The van der Waals surface area contributed by atoms with Crippen molar-refractivity contribution in [1.29, 1.82) is 0 Å². The van der Waals surface area contributed by atoms with Gasteiger partial charge in [-0.1, -0.05) is 39.5 Å². The van der Waals surface area contributed by atoms with Gasteiger partial charge in [0.1, 0.15) is 0 Å². The fourth-order valence-electron chi connectivity index (χ4n) is 0.500. The molecule has 0 saturated heterocycles. The Morgan fingerprint density at radius 1 is 0.818 bits per heavy atom. The van der Waals surface area contributed by atoms with Gasteiger partial charge in [0.25, 0.3) is 0 Å². The summed E-state index contributed by atoms with van der Waals surface area (Å²) in [4.78, 5) is 0. The molecule has 0 aliphatic rings. The molecule has 0 aromatic carbocycles. The van der Waals surface area contributed by atoms with Gasteiger partial charge in [0.05, 0.1) is 0 Å². The summed E-state index contributed by atoms with van der Waals surface area (Å²) in [5.74, 6) is 0. The topological polar surface area (TPSA) is 0 Å². The fourth-order valence-corrected chi connectivity index (χ4v) is 0.500. The van der Waals surface area contributed by atoms with E-state index in [1.807, 2.05) is 0 Å². The minimum absolute atomic E-state index is 0. The van der Waals surface area contributed by atoms with E-state index in [9.17, 15) is 0 Å². The van der Waals surface area contributed by atoms with Crippen molar-refractivity contribution in [2.45, 2.75) is 52.4 Å². The molecular formula is C10H22Y-2. The second-order valence-electron chi connectivity index (χ2n) is 2.41. The predicted molar refractivity (Wildman–Crippen MR) is 49.8 cm³/mol. The van der Waals surface area contributed by atoms with Crippen molar-refractivity contribution in [1.82, 2.24) is 0 Å². The molecule has 0 heterocycles. The first-order valence-corrected chi connectivity index (χ1v) is 4.41. The third-order valence-corrected chi connectivity index (χ3v) is 1.21. The summed E-state index contributed by atoms with van der Waals surface area (Å²) in [6.07, 6.45) is 7.31. The molecule has 0 aliphatic heterocycles. The first kappa shape index (κ1) is 18.0. The van der Waals surface area contributed by atoms with Crippen molar-refractivity contribution in [2.24, 2.45) is 0 Å². The summed E-state index contributed by atoms with van der Waals surface area (Å²) in [7, 11) is 0. The van der Waals surface area contributed by atoms with Crippen LogP contribution >= 0.6 is 0 Å². The molecule has 0 spiro atoms. The van der Waals surface area contributed by atoms with Crippen molar-refractivity contribution < 1.29 is 32.7 Å². The monoisotopic (exact) mass is 231 g/mol. The normalized spacial score (nSPS) is 7.64. The maximum absolute atomic E-state index is 3.68. The molecule has 0 unspecified atom stereocenters. The van der Waals surface area contributed by atoms with Crippen molar-refractivity contribution >= 4 is 0 Å². The Labute approximate surface area is 98.4 Å². The molecule has 1 heteroatoms. The van der Waals surface area contributed by atoms with Crippen LogP contribution in [-0.2, 0) is 32.7 Å². The minimum Gasteiger partial charge on any atom is -0.343 e. The van der Waals surface area contributed by atoms with Gasteiger partial charge in [0.2, 0.25) is 0 Å². The average molecular weight is 231 g/mol. The first-order valence-electron chi connectivity index (χ1n) is 4.41. The van der Waals surface area contributed by atoms with Gasteiger partial charge in [0.15, 0.2) is 0 Å². The molecule has 0 aliphatic carbocycles. The largest absolute Gasteiger partial charge is 0.343 e. The summed E-state index contributed by atoms with van der Waals surface area (Å²) < 4.78 is 0. The smallest absolute Gasteiger partial charge is 0 e. The first-order chi connectivity index (χ1) is 4.83. The van der Waals surface area contributed by atoms with Gasteiger partial charge in [0, 0.05) is 32.7 Å². The molecule has 0 saturated carbocycles. The van der Waals surface area contributed by atoms with Crippen LogP contribution in [0.1, 0.15) is 52.4 Å². The Morgan fingerprint density at radius 2 is 1.09 bits per heavy atom. The SMILES string of the molecule is [CH2-]CCCC.[CH2-]CCCC.[Y]. The van der Waals surface area contributed by atoms with Crippen molar-refractivity contribution in [3.05, 3.63) is 13.8 Å². The third kappa shape index (κ3) is 35.3. The van der Waals surface area contributed by atoms with Crippen LogP contribution in [0, 0.1) is 13.8 Å². The van der Waals surface area contributed by atoms with Crippen LogP contribution in [0.5, 0.6) is 0 Å². The molecule has 0 aromatic heterocycles. The van der Waals surface area contributed by atoms with Gasteiger partial charge in [-0.3, -0.25) is 0 Å². The molecule has 11 heavy (non-hydrogen) atoms. The van der Waals surface area contributed by atoms with E-state index in [1.165, 1.54) is 25.7 Å². The van der Waals surface area contributed by atoms with Gasteiger partial charge in [-0.05, 0) is 0 Å². The van der Waals surface area contributed by atoms with E-state index in [2.05, 4.69) is 27.7 Å². The van der Waals surface area contributed by atoms with Gasteiger partial charge in [-0.25, -0.2) is 0 Å². The van der Waals surface area contributed by atoms with E-state index in [0.717, 1.165) is 12.8 Å². The van der Waals surface area contributed by atoms with Gasteiger partial charge in [-0.2, -0.15) is 12.8 Å². The van der Waals surface area contributed by atoms with Crippen molar-refractivity contribution in [3.8, 4) is 0 Å². The maximum Gasteiger partial charge on any atom is 0 e. The number of rotatable bonds is 4. The molecule has 0 nitrogen and oxygen atoms in total. The van der Waals surface area contributed by atoms with E-state index in [4.69, 9.17) is 0 Å². The van der Waals surface area contributed by atoms with Gasteiger partial charge >= 0.3 is 0 Å². The van der Waals surface area contributed by atoms with Crippen molar-refractivity contribution in [2.75, 3.05) is 0 Å². The van der Waals surface area contributed by atoms with Crippen LogP contribution in [0.2, 0.25) is 0 Å². The molecule has 67 valence electrons. The van der Waals surface area contributed by atoms with Crippen LogP contribution in [-0.4, -0.2) is 0 Å². The summed E-state index contributed by atoms with van der Waals surface area (Å²) in [5, 5.41) is 0. The zero-order chi connectivity index (χ0) is 8.24. The van der Waals surface area contributed by atoms with Crippen LogP contribution in [0.3, 0.4) is 0 Å². The van der Waals surface area contributed by atoms with E-state index >= 15 is 0 Å². The molecule has 0 atom stereocenters. The van der Waals surface area contributed by atoms with Gasteiger partial charge < -0.3 is 13.8 Å². The molecule has 0 rings (SSSR count). The van der Waals surface area contributed by atoms with Crippen molar-refractivity contribution in [3.63, 3.8) is 0 Å². The zero-order valence-electron chi connectivity index (χ0n) is 8.23. The molecule has 0 bridgehead atoms. The molecule has 0 aromatic rings. The summed E-state index contributed by atoms with van der Waals surface area (Å²) in [6.45, 7) is 11.7. The molecule has 0 N–H and O–H groups in total. The van der Waals surface area contributed by atoms with E-state index in [-0.39, 0.29) is 32.7 Å². The minimum atomic E-state index is 0. The maximum atomic E-state index is 3.68. The number of hydrogen-bond acceptors (Lipinski definition) is 0. The van der Waals surface area contributed by atoms with Gasteiger partial charge in [-0.15, -0.1) is 0 Å². The fraction of sp³-hybridized carbons (Fsp3) is 0.800. The van der Waals surface area contributed by atoms with E-state index in [1.54, 1.807) is 0 Å². The number of hydrogen-bond donors (Lipinski definition) is 0. The second kappa shape index (κ2) is 22.5. The Balaban J connectivity index is -0.000000107. The molecular weight excluding hydrogens is 209 g/mol. The Morgan fingerprint density at radius 3 is 1.09 bits per heavy atom. The van der Waals surface area contributed by atoms with Crippen LogP contribution in [0.15, 0.2) is 0 Å². The van der Waals surface area contributed by atoms with E-state index < -0.39 is 0 Å². The second-order valence-corrected chi connectivity index (χ2v) is 2.41. The average Bonchev–Trinajstić information content (AvgIpc) is 1.93. The quantitative estimate of drug-likeness (QED) is 0.641. The molecule has 0 amide bonds. The van der Waals surface area contributed by atoms with Crippen LogP contribution in [0.4, 0.5) is 0 Å². The zero-order valence-corrected chi connectivity index (χ0v) is 11.1.